The fourth-order valence-electron chi connectivity index (χ4n) is 4.43. The molecule has 148 valence electrons. The first-order chi connectivity index (χ1) is 14.2. The Bertz CT molecular complexity index is 1130. The Labute approximate surface area is 175 Å². The van der Waals surface area contributed by atoms with E-state index in [0.717, 1.165) is 30.3 Å². The summed E-state index contributed by atoms with van der Waals surface area (Å²) in [5.74, 6) is 0.925. The molecule has 5 rings (SSSR count). The highest BCUT2D eigenvalue weighted by molar-refractivity contribution is 7.11. The van der Waals surface area contributed by atoms with E-state index < -0.39 is 0 Å². The summed E-state index contributed by atoms with van der Waals surface area (Å²) in [6.07, 6.45) is 3.08. The van der Waals surface area contributed by atoms with Gasteiger partial charge in [-0.05, 0) is 49.6 Å². The molecule has 0 amide bonds. The van der Waals surface area contributed by atoms with Crippen LogP contribution in [-0.4, -0.2) is 28.0 Å². The van der Waals surface area contributed by atoms with Crippen LogP contribution in [0.25, 0.3) is 10.9 Å². The highest BCUT2D eigenvalue weighted by Gasteiger charge is 2.32. The summed E-state index contributed by atoms with van der Waals surface area (Å²) < 4.78 is 5.66. The molecule has 0 radical (unpaired) electrons. The van der Waals surface area contributed by atoms with E-state index in [1.807, 2.05) is 13.1 Å². The Morgan fingerprint density at radius 2 is 2.00 bits per heavy atom. The molecule has 2 aromatic carbocycles. The number of benzene rings is 2. The number of H-pyrrole nitrogens is 1. The Balaban J connectivity index is 1.58. The lowest BCUT2D eigenvalue weighted by atomic mass is 9.92. The Morgan fingerprint density at radius 1 is 1.17 bits per heavy atom. The van der Waals surface area contributed by atoms with Gasteiger partial charge in [-0.25, -0.2) is 4.98 Å². The second kappa shape index (κ2) is 7.65. The number of aromatic nitrogens is 2. The van der Waals surface area contributed by atoms with Crippen molar-refractivity contribution in [2.24, 2.45) is 0 Å². The van der Waals surface area contributed by atoms with E-state index in [-0.39, 0.29) is 6.04 Å². The van der Waals surface area contributed by atoms with Crippen molar-refractivity contribution in [1.29, 1.82) is 0 Å². The fraction of sp³-hybridized carbons (Fsp3) is 0.292. The van der Waals surface area contributed by atoms with Crippen LogP contribution in [0.4, 0.5) is 0 Å². The van der Waals surface area contributed by atoms with E-state index >= 15 is 0 Å². The van der Waals surface area contributed by atoms with Crippen LogP contribution in [-0.2, 0) is 13.0 Å². The van der Waals surface area contributed by atoms with Crippen LogP contribution in [0, 0.1) is 6.92 Å². The van der Waals surface area contributed by atoms with Crippen molar-refractivity contribution in [3.63, 3.8) is 0 Å². The number of rotatable bonds is 5. The number of nitrogens with one attached hydrogen (secondary N) is 1. The minimum atomic E-state index is 0.198. The molecule has 0 bridgehead atoms. The van der Waals surface area contributed by atoms with E-state index in [0.29, 0.717) is 6.61 Å². The molecular formula is C24H25N3OS. The van der Waals surface area contributed by atoms with Crippen LogP contribution < -0.4 is 4.74 Å². The molecule has 0 fully saturated rings. The van der Waals surface area contributed by atoms with Gasteiger partial charge in [0, 0.05) is 40.8 Å². The van der Waals surface area contributed by atoms with Crippen LogP contribution in [0.2, 0.25) is 0 Å². The van der Waals surface area contributed by atoms with Crippen molar-refractivity contribution in [3.05, 3.63) is 81.4 Å². The Kier molecular flexibility index (Phi) is 4.86. The lowest BCUT2D eigenvalue weighted by molar-refractivity contribution is 0.203. The minimum absolute atomic E-state index is 0.198. The quantitative estimate of drug-likeness (QED) is 0.480. The molecule has 0 unspecified atom stereocenters. The first kappa shape index (κ1) is 18.4. The average Bonchev–Trinajstić information content (AvgIpc) is 3.32. The van der Waals surface area contributed by atoms with Crippen LogP contribution in [0.15, 0.2) is 54.7 Å². The maximum Gasteiger partial charge on any atom is 0.119 e. The SMILES string of the molecule is CCOc1ccc([C@@H]2c3[nH]c4ccccc4c3CCN2Cc2cnc(C)s2)cc1. The molecule has 29 heavy (non-hydrogen) atoms. The van der Waals surface area contributed by atoms with E-state index in [2.05, 4.69) is 70.3 Å². The molecule has 1 aliphatic heterocycles. The molecular weight excluding hydrogens is 378 g/mol. The van der Waals surface area contributed by atoms with E-state index in [4.69, 9.17) is 4.74 Å². The molecule has 0 aliphatic carbocycles. The summed E-state index contributed by atoms with van der Waals surface area (Å²) in [5, 5.41) is 2.48. The first-order valence-electron chi connectivity index (χ1n) is 10.2. The molecule has 4 aromatic rings. The summed E-state index contributed by atoms with van der Waals surface area (Å²) in [6.45, 7) is 6.72. The van der Waals surface area contributed by atoms with Crippen molar-refractivity contribution in [2.45, 2.75) is 32.9 Å². The number of fused-ring (bicyclic) bond motifs is 3. The van der Waals surface area contributed by atoms with Crippen LogP contribution in [0.5, 0.6) is 5.75 Å². The zero-order chi connectivity index (χ0) is 19.8. The number of nitrogens with zero attached hydrogens (tertiary/aromatic N) is 2. The highest BCUT2D eigenvalue weighted by atomic mass is 32.1. The third kappa shape index (κ3) is 3.45. The van der Waals surface area contributed by atoms with Gasteiger partial charge in [0.25, 0.3) is 0 Å². The van der Waals surface area contributed by atoms with Gasteiger partial charge in [-0.1, -0.05) is 30.3 Å². The summed E-state index contributed by atoms with van der Waals surface area (Å²) in [5.41, 5.74) is 5.30. The predicted molar refractivity (Wildman–Crippen MR) is 119 cm³/mol. The normalized spacial score (nSPS) is 16.8. The van der Waals surface area contributed by atoms with Crippen molar-refractivity contribution in [2.75, 3.05) is 13.2 Å². The largest absolute Gasteiger partial charge is 0.494 e. The third-order valence-corrected chi connectivity index (χ3v) is 6.57. The number of ether oxygens (including phenoxy) is 1. The number of hydrogen-bond donors (Lipinski definition) is 1. The standard InChI is InChI=1S/C24H25N3OS/c1-3-28-18-10-8-17(9-11-18)24-23-21(20-6-4-5-7-22(20)26-23)12-13-27(24)15-19-14-25-16(2)29-19/h4-11,14,24,26H,3,12-13,15H2,1-2H3/t24-/m1/s1. The Hall–Kier alpha value is -2.63. The van der Waals surface area contributed by atoms with Gasteiger partial charge >= 0.3 is 0 Å². The van der Waals surface area contributed by atoms with Gasteiger partial charge in [0.15, 0.2) is 0 Å². The number of hydrogen-bond acceptors (Lipinski definition) is 4. The second-order valence-electron chi connectivity index (χ2n) is 7.53. The molecule has 1 atom stereocenters. The van der Waals surface area contributed by atoms with Gasteiger partial charge in [-0.2, -0.15) is 0 Å². The van der Waals surface area contributed by atoms with Crippen molar-refractivity contribution in [3.8, 4) is 5.75 Å². The average molecular weight is 404 g/mol. The van der Waals surface area contributed by atoms with Crippen LogP contribution >= 0.6 is 11.3 Å². The van der Waals surface area contributed by atoms with Crippen molar-refractivity contribution >= 4 is 22.2 Å². The van der Waals surface area contributed by atoms with Gasteiger partial charge in [-0.15, -0.1) is 11.3 Å². The summed E-state index contributed by atoms with van der Waals surface area (Å²) in [4.78, 5) is 12.1. The van der Waals surface area contributed by atoms with Gasteiger partial charge in [-0.3, -0.25) is 4.90 Å². The minimum Gasteiger partial charge on any atom is -0.494 e. The maximum atomic E-state index is 5.66. The molecule has 0 saturated carbocycles. The summed E-state index contributed by atoms with van der Waals surface area (Å²) in [7, 11) is 0. The molecule has 5 heteroatoms. The molecule has 2 aromatic heterocycles. The summed E-state index contributed by atoms with van der Waals surface area (Å²) >= 11 is 1.79. The lowest BCUT2D eigenvalue weighted by Crippen LogP contribution is -2.35. The van der Waals surface area contributed by atoms with E-state index in [1.54, 1.807) is 11.3 Å². The zero-order valence-electron chi connectivity index (χ0n) is 16.8. The molecule has 1 N–H and O–H groups in total. The van der Waals surface area contributed by atoms with Gasteiger partial charge in [0.2, 0.25) is 0 Å². The first-order valence-corrected chi connectivity index (χ1v) is 11.0. The van der Waals surface area contributed by atoms with Crippen LogP contribution in [0.1, 0.15) is 39.7 Å². The van der Waals surface area contributed by atoms with E-state index in [9.17, 15) is 0 Å². The summed E-state index contributed by atoms with van der Waals surface area (Å²) in [6, 6.07) is 17.5. The number of aryl methyl sites for hydroxylation is 1. The third-order valence-electron chi connectivity index (χ3n) is 5.67. The monoisotopic (exact) mass is 403 g/mol. The van der Waals surface area contributed by atoms with Gasteiger partial charge in [0.1, 0.15) is 5.75 Å². The number of thiazole rings is 1. The topological polar surface area (TPSA) is 41.1 Å². The van der Waals surface area contributed by atoms with Gasteiger partial charge < -0.3 is 9.72 Å². The molecule has 0 saturated heterocycles. The lowest BCUT2D eigenvalue weighted by Gasteiger charge is -2.36. The molecule has 1 aliphatic rings. The second-order valence-corrected chi connectivity index (χ2v) is 8.85. The highest BCUT2D eigenvalue weighted by Crippen LogP contribution is 2.39. The Morgan fingerprint density at radius 3 is 2.76 bits per heavy atom. The number of aromatic amines is 1. The molecule has 3 heterocycles. The van der Waals surface area contributed by atoms with Gasteiger partial charge in [0.05, 0.1) is 17.7 Å². The fourth-order valence-corrected chi connectivity index (χ4v) is 5.25. The zero-order valence-corrected chi connectivity index (χ0v) is 17.6. The molecule has 4 nitrogen and oxygen atoms in total. The smallest absolute Gasteiger partial charge is 0.119 e. The van der Waals surface area contributed by atoms with Crippen molar-refractivity contribution < 1.29 is 4.74 Å². The van der Waals surface area contributed by atoms with Crippen LogP contribution in [0.3, 0.4) is 0 Å². The van der Waals surface area contributed by atoms with Crippen molar-refractivity contribution in [1.82, 2.24) is 14.9 Å². The predicted octanol–water partition coefficient (Wildman–Crippen LogP) is 5.48. The maximum absolute atomic E-state index is 5.66. The number of para-hydroxylation sites is 1. The molecule has 0 spiro atoms. The van der Waals surface area contributed by atoms with E-state index in [1.165, 1.54) is 32.6 Å².